The van der Waals surface area contributed by atoms with Crippen LogP contribution in [0, 0.1) is 0 Å². The van der Waals surface area contributed by atoms with Gasteiger partial charge >= 0.3 is 0 Å². The van der Waals surface area contributed by atoms with Crippen molar-refractivity contribution in [3.05, 3.63) is 18.2 Å². The second-order valence-electron chi connectivity index (χ2n) is 6.01. The van der Waals surface area contributed by atoms with Gasteiger partial charge in [-0.2, -0.15) is 0 Å². The van der Waals surface area contributed by atoms with Crippen molar-refractivity contribution in [2.45, 2.75) is 52.7 Å². The monoisotopic (exact) mass is 237 g/mol. The first-order valence-electron chi connectivity index (χ1n) is 5.76. The molecule has 0 amide bonds. The summed E-state index contributed by atoms with van der Waals surface area (Å²) in [6.07, 6.45) is 0. The topological polar surface area (TPSA) is 38.4 Å². The van der Waals surface area contributed by atoms with Gasteiger partial charge in [0.05, 0.1) is 0 Å². The van der Waals surface area contributed by atoms with Crippen molar-refractivity contribution in [3.8, 4) is 17.2 Å². The molecular formula is C14H21O3. The van der Waals surface area contributed by atoms with Gasteiger partial charge in [-0.05, 0) is 53.7 Å². The van der Waals surface area contributed by atoms with Crippen molar-refractivity contribution in [3.63, 3.8) is 0 Å². The third kappa shape index (κ3) is 4.55. The molecule has 0 heterocycles. The number of para-hydroxylation sites is 1. The molecule has 3 nitrogen and oxygen atoms in total. The predicted octanol–water partition coefficient (Wildman–Crippen LogP) is 4.19. The third-order valence-electron chi connectivity index (χ3n) is 1.77. The molecule has 0 aliphatic rings. The Hall–Kier alpha value is -1.38. The smallest absolute Gasteiger partial charge is 0.224 e. The number of benzene rings is 1. The maximum absolute atomic E-state index is 11.8. The van der Waals surface area contributed by atoms with Gasteiger partial charge in [-0.15, -0.1) is 0 Å². The first-order valence-corrected chi connectivity index (χ1v) is 5.76. The van der Waals surface area contributed by atoms with E-state index in [4.69, 9.17) is 9.47 Å². The fourth-order valence-corrected chi connectivity index (χ4v) is 1.31. The highest BCUT2D eigenvalue weighted by atomic mass is 16.5. The van der Waals surface area contributed by atoms with Crippen LogP contribution >= 0.6 is 0 Å². The zero-order valence-electron chi connectivity index (χ0n) is 11.5. The standard InChI is InChI=1S/C14H21O3/c1-13(2,3)16-11-9-7-8-10(15)12(11)17-14(4,5)6/h7-9H,1-6H3. The Labute approximate surface area is 103 Å². The molecule has 0 aliphatic carbocycles. The van der Waals surface area contributed by atoms with Gasteiger partial charge in [0.15, 0.2) is 5.75 Å². The Morgan fingerprint density at radius 3 is 1.88 bits per heavy atom. The molecule has 0 atom stereocenters. The molecule has 0 spiro atoms. The summed E-state index contributed by atoms with van der Waals surface area (Å²) in [6, 6.07) is 4.92. The van der Waals surface area contributed by atoms with Crippen LogP contribution in [-0.4, -0.2) is 11.2 Å². The molecule has 0 saturated heterocycles. The number of ether oxygens (including phenoxy) is 2. The minimum atomic E-state index is -0.420. The first kappa shape index (κ1) is 13.7. The van der Waals surface area contributed by atoms with Crippen molar-refractivity contribution >= 4 is 0 Å². The highest BCUT2D eigenvalue weighted by molar-refractivity contribution is 5.50. The largest absolute Gasteiger partial charge is 0.484 e. The summed E-state index contributed by atoms with van der Waals surface area (Å²) in [4.78, 5) is 0. The summed E-state index contributed by atoms with van der Waals surface area (Å²) in [5.74, 6) is 0.636. The molecule has 0 unspecified atom stereocenters. The van der Waals surface area contributed by atoms with E-state index in [9.17, 15) is 5.11 Å². The molecule has 17 heavy (non-hydrogen) atoms. The molecule has 0 saturated carbocycles. The Morgan fingerprint density at radius 1 is 0.882 bits per heavy atom. The third-order valence-corrected chi connectivity index (χ3v) is 1.77. The summed E-state index contributed by atoms with van der Waals surface area (Å²) in [6.45, 7) is 11.5. The van der Waals surface area contributed by atoms with E-state index in [1.807, 2.05) is 41.5 Å². The van der Waals surface area contributed by atoms with E-state index >= 15 is 0 Å². The number of rotatable bonds is 2. The predicted molar refractivity (Wildman–Crippen MR) is 67.3 cm³/mol. The van der Waals surface area contributed by atoms with Crippen LogP contribution in [0.4, 0.5) is 0 Å². The van der Waals surface area contributed by atoms with Gasteiger partial charge in [0.2, 0.25) is 11.5 Å². The van der Waals surface area contributed by atoms with Crippen molar-refractivity contribution < 1.29 is 14.6 Å². The summed E-state index contributed by atoms with van der Waals surface area (Å²) in [5, 5.41) is 11.8. The average molecular weight is 237 g/mol. The van der Waals surface area contributed by atoms with Gasteiger partial charge in [-0.25, -0.2) is 0 Å². The van der Waals surface area contributed by atoms with Gasteiger partial charge < -0.3 is 9.47 Å². The SMILES string of the molecule is CC(C)(C)Oc1cccc([O])c1OC(C)(C)C. The van der Waals surface area contributed by atoms with Gasteiger partial charge in [-0.3, -0.25) is 5.11 Å². The first-order chi connectivity index (χ1) is 7.58. The minimum Gasteiger partial charge on any atom is -0.484 e. The fraction of sp³-hybridized carbons (Fsp3) is 0.571. The molecule has 0 bridgehead atoms. The molecule has 0 aromatic heterocycles. The van der Waals surface area contributed by atoms with Crippen LogP contribution in [0.2, 0.25) is 0 Å². The second kappa shape index (κ2) is 4.47. The lowest BCUT2D eigenvalue weighted by Crippen LogP contribution is -2.26. The van der Waals surface area contributed by atoms with Gasteiger partial charge in [0.1, 0.15) is 11.2 Å². The van der Waals surface area contributed by atoms with E-state index in [0.717, 1.165) is 0 Å². The average Bonchev–Trinajstić information content (AvgIpc) is 2.07. The number of hydrogen-bond donors (Lipinski definition) is 0. The van der Waals surface area contributed by atoms with E-state index in [0.29, 0.717) is 5.75 Å². The quantitative estimate of drug-likeness (QED) is 0.773. The molecule has 0 N–H and O–H groups in total. The van der Waals surface area contributed by atoms with Crippen LogP contribution in [0.15, 0.2) is 18.2 Å². The lowest BCUT2D eigenvalue weighted by Gasteiger charge is -2.27. The van der Waals surface area contributed by atoms with Crippen LogP contribution in [0.3, 0.4) is 0 Å². The van der Waals surface area contributed by atoms with E-state index in [1.54, 1.807) is 12.1 Å². The normalized spacial score (nSPS) is 12.4. The summed E-state index contributed by atoms with van der Waals surface area (Å²) >= 11 is 0. The van der Waals surface area contributed by atoms with Crippen molar-refractivity contribution in [2.24, 2.45) is 0 Å². The minimum absolute atomic E-state index is 0.151. The Balaban J connectivity index is 3.09. The molecular weight excluding hydrogens is 216 g/mol. The van der Waals surface area contributed by atoms with Gasteiger partial charge in [0, 0.05) is 0 Å². The molecule has 95 valence electrons. The van der Waals surface area contributed by atoms with E-state index in [-0.39, 0.29) is 17.1 Å². The Kier molecular flexibility index (Phi) is 3.60. The van der Waals surface area contributed by atoms with Crippen molar-refractivity contribution in [1.82, 2.24) is 0 Å². The summed E-state index contributed by atoms with van der Waals surface area (Å²) in [5.41, 5.74) is -0.777. The molecule has 1 rings (SSSR count). The maximum atomic E-state index is 11.8. The van der Waals surface area contributed by atoms with Crippen LogP contribution in [0.1, 0.15) is 41.5 Å². The highest BCUT2D eigenvalue weighted by Crippen LogP contribution is 2.40. The lowest BCUT2D eigenvalue weighted by atomic mass is 10.1. The Morgan fingerprint density at radius 2 is 1.41 bits per heavy atom. The van der Waals surface area contributed by atoms with Crippen LogP contribution in [-0.2, 0) is 5.11 Å². The summed E-state index contributed by atoms with van der Waals surface area (Å²) < 4.78 is 11.4. The second-order valence-corrected chi connectivity index (χ2v) is 6.01. The van der Waals surface area contributed by atoms with Crippen LogP contribution < -0.4 is 9.47 Å². The van der Waals surface area contributed by atoms with E-state index in [1.165, 1.54) is 6.07 Å². The Bertz CT molecular complexity index is 383. The molecule has 0 fully saturated rings. The van der Waals surface area contributed by atoms with Crippen molar-refractivity contribution in [2.75, 3.05) is 0 Å². The zero-order chi connectivity index (χ0) is 13.3. The molecule has 0 aliphatic heterocycles. The fourth-order valence-electron chi connectivity index (χ4n) is 1.31. The lowest BCUT2D eigenvalue weighted by molar-refractivity contribution is 0.0904. The van der Waals surface area contributed by atoms with Gasteiger partial charge in [0.25, 0.3) is 0 Å². The van der Waals surface area contributed by atoms with Crippen LogP contribution in [0.25, 0.3) is 0 Å². The van der Waals surface area contributed by atoms with Crippen molar-refractivity contribution in [1.29, 1.82) is 0 Å². The summed E-state index contributed by atoms with van der Waals surface area (Å²) in [7, 11) is 0. The van der Waals surface area contributed by atoms with E-state index in [2.05, 4.69) is 0 Å². The molecule has 1 aromatic carbocycles. The highest BCUT2D eigenvalue weighted by Gasteiger charge is 2.22. The van der Waals surface area contributed by atoms with E-state index < -0.39 is 5.60 Å². The zero-order valence-corrected chi connectivity index (χ0v) is 11.5. The molecule has 1 radical (unpaired) electrons. The molecule has 1 aromatic rings. The van der Waals surface area contributed by atoms with Gasteiger partial charge in [-0.1, -0.05) is 6.07 Å². The van der Waals surface area contributed by atoms with Crippen LogP contribution in [0.5, 0.6) is 17.2 Å². The molecule has 3 heteroatoms. The maximum Gasteiger partial charge on any atom is 0.224 e. The number of hydrogen-bond acceptors (Lipinski definition) is 2.